The van der Waals surface area contributed by atoms with Gasteiger partial charge in [0.05, 0.1) is 10.5 Å². The summed E-state index contributed by atoms with van der Waals surface area (Å²) in [5, 5.41) is 0. The Bertz CT molecular complexity index is 428. The molecule has 1 aromatic carbocycles. The molecule has 1 aromatic rings. The predicted octanol–water partition coefficient (Wildman–Crippen LogP) is 2.74. The molecule has 0 saturated heterocycles. The summed E-state index contributed by atoms with van der Waals surface area (Å²) in [4.78, 5) is 4.55. The minimum Gasteiger partial charge on any atom is -0.308 e. The second-order valence-electron chi connectivity index (χ2n) is 4.16. The summed E-state index contributed by atoms with van der Waals surface area (Å²) in [5.74, 6) is 5.71. The maximum atomic E-state index is 13.4. The number of nitrogens with zero attached hydrogens (tertiary/aromatic N) is 1. The average molecular weight is 300 g/mol. The zero-order valence-electron chi connectivity index (χ0n) is 9.42. The summed E-state index contributed by atoms with van der Waals surface area (Å²) in [7, 11) is 0. The maximum absolute atomic E-state index is 13.4. The summed E-state index contributed by atoms with van der Waals surface area (Å²) in [6.45, 7) is 0. The standard InChI is InChI=1S/C12H15BrFN3/c13-11-9(6-3-7-10(11)14)12(17-15)16-8-4-1-2-5-8/h3,6-8H,1-2,4-5,15H2,(H,16,17). The zero-order valence-corrected chi connectivity index (χ0v) is 11.0. The third-order valence-corrected chi connectivity index (χ3v) is 3.79. The maximum Gasteiger partial charge on any atom is 0.144 e. The van der Waals surface area contributed by atoms with Crippen molar-refractivity contribution in [1.82, 2.24) is 5.43 Å². The Kier molecular flexibility index (Phi) is 4.12. The number of hydrogen-bond acceptors (Lipinski definition) is 2. The highest BCUT2D eigenvalue weighted by atomic mass is 79.9. The number of amidine groups is 1. The van der Waals surface area contributed by atoms with E-state index in [-0.39, 0.29) is 5.82 Å². The Morgan fingerprint density at radius 1 is 1.41 bits per heavy atom. The first-order chi connectivity index (χ1) is 8.22. The van der Waals surface area contributed by atoms with Crippen molar-refractivity contribution in [3.8, 4) is 0 Å². The van der Waals surface area contributed by atoms with Gasteiger partial charge in [-0.2, -0.15) is 0 Å². The van der Waals surface area contributed by atoms with Crippen molar-refractivity contribution >= 4 is 21.8 Å². The Morgan fingerprint density at radius 2 is 2.12 bits per heavy atom. The minimum atomic E-state index is -0.308. The van der Waals surface area contributed by atoms with Gasteiger partial charge in [0.1, 0.15) is 11.7 Å². The van der Waals surface area contributed by atoms with Gasteiger partial charge >= 0.3 is 0 Å². The molecule has 1 aliphatic carbocycles. The van der Waals surface area contributed by atoms with Crippen molar-refractivity contribution in [2.24, 2.45) is 10.8 Å². The van der Waals surface area contributed by atoms with E-state index in [4.69, 9.17) is 5.84 Å². The molecule has 0 radical (unpaired) electrons. The van der Waals surface area contributed by atoms with Crippen LogP contribution in [0.5, 0.6) is 0 Å². The van der Waals surface area contributed by atoms with Crippen LogP contribution in [0.4, 0.5) is 4.39 Å². The fourth-order valence-corrected chi connectivity index (χ4v) is 2.54. The Morgan fingerprint density at radius 3 is 2.76 bits per heavy atom. The largest absolute Gasteiger partial charge is 0.308 e. The van der Waals surface area contributed by atoms with Gasteiger partial charge in [-0.05, 0) is 40.9 Å². The molecule has 17 heavy (non-hydrogen) atoms. The van der Waals surface area contributed by atoms with Gasteiger partial charge < -0.3 is 5.43 Å². The van der Waals surface area contributed by atoms with Crippen LogP contribution in [-0.4, -0.2) is 11.9 Å². The van der Waals surface area contributed by atoms with Gasteiger partial charge in [0.15, 0.2) is 0 Å². The van der Waals surface area contributed by atoms with Crippen LogP contribution in [0.15, 0.2) is 27.7 Å². The van der Waals surface area contributed by atoms with Crippen molar-refractivity contribution in [1.29, 1.82) is 0 Å². The molecule has 2 rings (SSSR count). The first kappa shape index (κ1) is 12.5. The van der Waals surface area contributed by atoms with E-state index in [1.54, 1.807) is 12.1 Å². The number of halogens is 2. The quantitative estimate of drug-likeness (QED) is 0.382. The van der Waals surface area contributed by atoms with Crippen LogP contribution in [0.25, 0.3) is 0 Å². The lowest BCUT2D eigenvalue weighted by Gasteiger charge is -2.11. The Hall–Kier alpha value is -0.940. The molecule has 0 bridgehead atoms. The highest BCUT2D eigenvalue weighted by molar-refractivity contribution is 9.10. The second-order valence-corrected chi connectivity index (χ2v) is 4.95. The number of rotatable bonds is 2. The molecule has 3 nitrogen and oxygen atoms in total. The van der Waals surface area contributed by atoms with Crippen LogP contribution >= 0.6 is 15.9 Å². The van der Waals surface area contributed by atoms with E-state index in [2.05, 4.69) is 26.3 Å². The minimum absolute atomic E-state index is 0.302. The lowest BCUT2D eigenvalue weighted by molar-refractivity contribution is 0.620. The predicted molar refractivity (Wildman–Crippen MR) is 70.2 cm³/mol. The van der Waals surface area contributed by atoms with Crippen LogP contribution in [0.1, 0.15) is 31.2 Å². The monoisotopic (exact) mass is 299 g/mol. The molecule has 0 amide bonds. The molecular formula is C12H15BrFN3. The molecule has 3 N–H and O–H groups in total. The van der Waals surface area contributed by atoms with E-state index < -0.39 is 0 Å². The molecule has 1 aliphatic rings. The molecule has 1 fully saturated rings. The van der Waals surface area contributed by atoms with Gasteiger partial charge in [0, 0.05) is 5.56 Å². The number of nitrogens with two attached hydrogens (primary N) is 1. The van der Waals surface area contributed by atoms with Gasteiger partial charge in [0.25, 0.3) is 0 Å². The van der Waals surface area contributed by atoms with Gasteiger partial charge in [-0.15, -0.1) is 0 Å². The zero-order chi connectivity index (χ0) is 12.3. The smallest absolute Gasteiger partial charge is 0.144 e. The summed E-state index contributed by atoms with van der Waals surface area (Å²) >= 11 is 3.22. The van der Waals surface area contributed by atoms with Crippen molar-refractivity contribution in [2.75, 3.05) is 0 Å². The van der Waals surface area contributed by atoms with Crippen molar-refractivity contribution in [3.63, 3.8) is 0 Å². The van der Waals surface area contributed by atoms with Gasteiger partial charge in [-0.1, -0.05) is 18.9 Å². The molecule has 0 spiro atoms. The van der Waals surface area contributed by atoms with Gasteiger partial charge in [0.2, 0.25) is 0 Å². The van der Waals surface area contributed by atoms with Crippen molar-refractivity contribution in [2.45, 2.75) is 31.7 Å². The molecule has 0 aliphatic heterocycles. The Labute approximate surface area is 108 Å². The van der Waals surface area contributed by atoms with Crippen LogP contribution in [0, 0.1) is 5.82 Å². The van der Waals surface area contributed by atoms with E-state index in [0.717, 1.165) is 12.8 Å². The molecule has 0 unspecified atom stereocenters. The Balaban J connectivity index is 2.31. The van der Waals surface area contributed by atoms with Gasteiger partial charge in [-0.25, -0.2) is 10.2 Å². The molecule has 0 aromatic heterocycles. The summed E-state index contributed by atoms with van der Waals surface area (Å²) < 4.78 is 13.8. The highest BCUT2D eigenvalue weighted by Gasteiger charge is 2.17. The molecule has 0 heterocycles. The van der Waals surface area contributed by atoms with Crippen molar-refractivity contribution in [3.05, 3.63) is 34.1 Å². The first-order valence-corrected chi connectivity index (χ1v) is 6.50. The third-order valence-electron chi connectivity index (χ3n) is 2.98. The van der Waals surface area contributed by atoms with Gasteiger partial charge in [-0.3, -0.25) is 4.99 Å². The normalized spacial score (nSPS) is 17.5. The SMILES string of the molecule is NNC(=NC1CCCC1)c1cccc(F)c1Br. The lowest BCUT2D eigenvalue weighted by atomic mass is 10.2. The van der Waals surface area contributed by atoms with E-state index in [9.17, 15) is 4.39 Å². The van der Waals surface area contributed by atoms with Crippen LogP contribution in [0.2, 0.25) is 0 Å². The van der Waals surface area contributed by atoms with Crippen LogP contribution < -0.4 is 11.3 Å². The van der Waals surface area contributed by atoms with Crippen LogP contribution in [0.3, 0.4) is 0 Å². The summed E-state index contributed by atoms with van der Waals surface area (Å²) in [6.07, 6.45) is 4.57. The number of aliphatic imine (C=N–C) groups is 1. The number of hydrazine groups is 1. The number of hydrogen-bond donors (Lipinski definition) is 2. The fraction of sp³-hybridized carbons (Fsp3) is 0.417. The second kappa shape index (κ2) is 5.60. The molecule has 0 atom stereocenters. The van der Waals surface area contributed by atoms with E-state index in [1.165, 1.54) is 18.9 Å². The molecule has 92 valence electrons. The van der Waals surface area contributed by atoms with Crippen molar-refractivity contribution < 1.29 is 4.39 Å². The summed E-state index contributed by atoms with van der Waals surface area (Å²) in [5.41, 5.74) is 3.23. The molecule has 5 heteroatoms. The number of nitrogens with one attached hydrogen (secondary N) is 1. The third kappa shape index (κ3) is 2.84. The average Bonchev–Trinajstić information content (AvgIpc) is 2.83. The first-order valence-electron chi connectivity index (χ1n) is 5.71. The number of benzene rings is 1. The highest BCUT2D eigenvalue weighted by Crippen LogP contribution is 2.24. The lowest BCUT2D eigenvalue weighted by Crippen LogP contribution is -2.32. The van der Waals surface area contributed by atoms with E-state index in [1.807, 2.05) is 0 Å². The molecule has 1 saturated carbocycles. The topological polar surface area (TPSA) is 50.4 Å². The molecular weight excluding hydrogens is 285 g/mol. The van der Waals surface area contributed by atoms with E-state index >= 15 is 0 Å². The van der Waals surface area contributed by atoms with Crippen LogP contribution in [-0.2, 0) is 0 Å². The fourth-order valence-electron chi connectivity index (χ4n) is 2.09. The summed E-state index contributed by atoms with van der Waals surface area (Å²) in [6, 6.07) is 5.14. The van der Waals surface area contributed by atoms with E-state index in [0.29, 0.717) is 21.9 Å².